The quantitative estimate of drug-likeness (QED) is 0.819. The molecule has 100 valence electrons. The van der Waals surface area contributed by atoms with Crippen molar-refractivity contribution in [2.75, 3.05) is 13.1 Å². The van der Waals surface area contributed by atoms with Crippen LogP contribution in [-0.2, 0) is 0 Å². The second-order valence-electron chi connectivity index (χ2n) is 6.87. The molecule has 1 saturated carbocycles. The highest BCUT2D eigenvalue weighted by Gasteiger charge is 2.38. The molecule has 2 nitrogen and oxygen atoms in total. The van der Waals surface area contributed by atoms with Crippen molar-refractivity contribution in [1.82, 2.24) is 4.90 Å². The normalized spacial score (nSPS) is 38.5. The lowest BCUT2D eigenvalue weighted by Crippen LogP contribution is -2.50. The fraction of sp³-hybridized carbons (Fsp3) is 1.00. The molecular weight excluding hydrogens is 208 g/mol. The molecule has 2 heteroatoms. The van der Waals surface area contributed by atoms with Crippen LogP contribution in [0.25, 0.3) is 0 Å². The zero-order valence-electron chi connectivity index (χ0n) is 11.9. The van der Waals surface area contributed by atoms with Crippen LogP contribution in [0.15, 0.2) is 0 Å². The zero-order valence-corrected chi connectivity index (χ0v) is 11.9. The summed E-state index contributed by atoms with van der Waals surface area (Å²) in [7, 11) is 0. The zero-order chi connectivity index (χ0) is 12.5. The van der Waals surface area contributed by atoms with Crippen LogP contribution in [0.2, 0.25) is 0 Å². The Hall–Kier alpha value is -0.0800. The Morgan fingerprint density at radius 1 is 1.24 bits per heavy atom. The summed E-state index contributed by atoms with van der Waals surface area (Å²) < 4.78 is 0. The Kier molecular flexibility index (Phi) is 4.14. The summed E-state index contributed by atoms with van der Waals surface area (Å²) in [6.45, 7) is 9.59. The molecule has 1 aliphatic heterocycles. The Labute approximate surface area is 107 Å². The molecule has 0 amide bonds. The lowest BCUT2D eigenvalue weighted by atomic mass is 9.68. The highest BCUT2D eigenvalue weighted by Crippen LogP contribution is 2.38. The molecule has 3 atom stereocenters. The SMILES string of the molecule is CCC1CCCN1CC1CCCC(C)(C)C1N. The predicted molar refractivity (Wildman–Crippen MR) is 74.0 cm³/mol. The molecule has 2 N–H and O–H groups in total. The average Bonchev–Trinajstić information content (AvgIpc) is 2.72. The standard InChI is InChI=1S/C15H30N2/c1-4-13-8-6-10-17(13)11-12-7-5-9-15(2,3)14(12)16/h12-14H,4-11,16H2,1-3H3. The molecule has 0 aromatic rings. The molecule has 2 aliphatic rings. The van der Waals surface area contributed by atoms with Crippen molar-refractivity contribution >= 4 is 0 Å². The van der Waals surface area contributed by atoms with Gasteiger partial charge in [-0.2, -0.15) is 0 Å². The number of hydrogen-bond donors (Lipinski definition) is 1. The van der Waals surface area contributed by atoms with Crippen LogP contribution in [0.5, 0.6) is 0 Å². The van der Waals surface area contributed by atoms with E-state index in [9.17, 15) is 0 Å². The van der Waals surface area contributed by atoms with E-state index in [1.807, 2.05) is 0 Å². The van der Waals surface area contributed by atoms with Crippen molar-refractivity contribution in [1.29, 1.82) is 0 Å². The minimum absolute atomic E-state index is 0.352. The second kappa shape index (κ2) is 5.27. The molecule has 2 fully saturated rings. The molecule has 1 aliphatic carbocycles. The van der Waals surface area contributed by atoms with Crippen molar-refractivity contribution in [2.24, 2.45) is 17.1 Å². The summed E-state index contributed by atoms with van der Waals surface area (Å²) in [6.07, 6.45) is 8.13. The monoisotopic (exact) mass is 238 g/mol. The van der Waals surface area contributed by atoms with Crippen LogP contribution < -0.4 is 5.73 Å². The molecule has 0 aromatic heterocycles. The third-order valence-electron chi connectivity index (χ3n) is 5.25. The van der Waals surface area contributed by atoms with Gasteiger partial charge in [-0.3, -0.25) is 0 Å². The van der Waals surface area contributed by atoms with E-state index in [4.69, 9.17) is 5.73 Å². The summed E-state index contributed by atoms with van der Waals surface area (Å²) in [4.78, 5) is 2.71. The van der Waals surface area contributed by atoms with Crippen molar-refractivity contribution in [3.8, 4) is 0 Å². The molecule has 0 aromatic carbocycles. The maximum Gasteiger partial charge on any atom is 0.0131 e. The maximum absolute atomic E-state index is 6.50. The minimum Gasteiger partial charge on any atom is -0.327 e. The lowest BCUT2D eigenvalue weighted by Gasteiger charge is -2.43. The predicted octanol–water partition coefficient (Wildman–Crippen LogP) is 3.01. The van der Waals surface area contributed by atoms with E-state index in [0.717, 1.165) is 12.0 Å². The van der Waals surface area contributed by atoms with E-state index in [-0.39, 0.29) is 0 Å². The fourth-order valence-corrected chi connectivity index (χ4v) is 3.91. The number of rotatable bonds is 3. The van der Waals surface area contributed by atoms with Gasteiger partial charge in [-0.1, -0.05) is 27.2 Å². The van der Waals surface area contributed by atoms with Gasteiger partial charge >= 0.3 is 0 Å². The topological polar surface area (TPSA) is 29.3 Å². The number of nitrogens with two attached hydrogens (primary N) is 1. The van der Waals surface area contributed by atoms with Crippen molar-refractivity contribution in [3.63, 3.8) is 0 Å². The van der Waals surface area contributed by atoms with E-state index in [2.05, 4.69) is 25.7 Å². The molecule has 2 rings (SSSR count). The van der Waals surface area contributed by atoms with Crippen LogP contribution in [0.4, 0.5) is 0 Å². The van der Waals surface area contributed by atoms with Gasteiger partial charge in [0.25, 0.3) is 0 Å². The third-order valence-corrected chi connectivity index (χ3v) is 5.25. The number of likely N-dealkylation sites (tertiary alicyclic amines) is 1. The molecule has 17 heavy (non-hydrogen) atoms. The first-order chi connectivity index (χ1) is 8.04. The first kappa shape index (κ1) is 13.4. The molecule has 1 heterocycles. The van der Waals surface area contributed by atoms with Crippen LogP contribution in [0.3, 0.4) is 0 Å². The van der Waals surface area contributed by atoms with E-state index >= 15 is 0 Å². The van der Waals surface area contributed by atoms with Gasteiger partial charge in [0.15, 0.2) is 0 Å². The molecule has 0 bridgehead atoms. The van der Waals surface area contributed by atoms with Gasteiger partial charge < -0.3 is 10.6 Å². The molecule has 3 unspecified atom stereocenters. The van der Waals surface area contributed by atoms with Gasteiger partial charge in [0.1, 0.15) is 0 Å². The maximum atomic E-state index is 6.50. The summed E-state index contributed by atoms with van der Waals surface area (Å²) in [5.74, 6) is 0.728. The smallest absolute Gasteiger partial charge is 0.0131 e. The fourth-order valence-electron chi connectivity index (χ4n) is 3.91. The van der Waals surface area contributed by atoms with Gasteiger partial charge in [0.2, 0.25) is 0 Å². The van der Waals surface area contributed by atoms with Gasteiger partial charge in [0.05, 0.1) is 0 Å². The Morgan fingerprint density at radius 3 is 2.71 bits per heavy atom. The van der Waals surface area contributed by atoms with Crippen LogP contribution >= 0.6 is 0 Å². The Balaban J connectivity index is 1.94. The second-order valence-corrected chi connectivity index (χ2v) is 6.87. The van der Waals surface area contributed by atoms with Crippen LogP contribution in [0.1, 0.15) is 59.3 Å². The highest BCUT2D eigenvalue weighted by molar-refractivity contribution is 4.93. The van der Waals surface area contributed by atoms with Gasteiger partial charge in [-0.15, -0.1) is 0 Å². The van der Waals surface area contributed by atoms with Gasteiger partial charge in [0, 0.05) is 18.6 Å². The number of nitrogens with zero attached hydrogens (tertiary/aromatic N) is 1. The summed E-state index contributed by atoms with van der Waals surface area (Å²) in [5, 5.41) is 0. The first-order valence-electron chi connectivity index (χ1n) is 7.54. The van der Waals surface area contributed by atoms with E-state index in [1.165, 1.54) is 51.6 Å². The molecule has 0 radical (unpaired) electrons. The van der Waals surface area contributed by atoms with Crippen molar-refractivity contribution < 1.29 is 0 Å². The molecule has 0 spiro atoms. The molecular formula is C15H30N2. The largest absolute Gasteiger partial charge is 0.327 e. The van der Waals surface area contributed by atoms with Crippen molar-refractivity contribution in [2.45, 2.75) is 71.4 Å². The summed E-state index contributed by atoms with van der Waals surface area (Å²) in [6, 6.07) is 1.24. The summed E-state index contributed by atoms with van der Waals surface area (Å²) in [5.41, 5.74) is 6.85. The van der Waals surface area contributed by atoms with E-state index in [1.54, 1.807) is 0 Å². The Bertz CT molecular complexity index is 249. The average molecular weight is 238 g/mol. The number of hydrogen-bond acceptors (Lipinski definition) is 2. The van der Waals surface area contributed by atoms with E-state index in [0.29, 0.717) is 11.5 Å². The van der Waals surface area contributed by atoms with Crippen LogP contribution in [0, 0.1) is 11.3 Å². The van der Waals surface area contributed by atoms with Gasteiger partial charge in [-0.25, -0.2) is 0 Å². The lowest BCUT2D eigenvalue weighted by molar-refractivity contribution is 0.0967. The van der Waals surface area contributed by atoms with Crippen molar-refractivity contribution in [3.05, 3.63) is 0 Å². The minimum atomic E-state index is 0.352. The van der Waals surface area contributed by atoms with Gasteiger partial charge in [-0.05, 0) is 50.0 Å². The molecule has 1 saturated heterocycles. The summed E-state index contributed by atoms with van der Waals surface area (Å²) >= 11 is 0. The third kappa shape index (κ3) is 2.85. The highest BCUT2D eigenvalue weighted by atomic mass is 15.2. The first-order valence-corrected chi connectivity index (χ1v) is 7.54. The Morgan fingerprint density at radius 2 is 2.00 bits per heavy atom. The van der Waals surface area contributed by atoms with Crippen LogP contribution in [-0.4, -0.2) is 30.1 Å². The van der Waals surface area contributed by atoms with E-state index < -0.39 is 0 Å².